The summed E-state index contributed by atoms with van der Waals surface area (Å²) in [5.74, 6) is 1.45. The lowest BCUT2D eigenvalue weighted by Gasteiger charge is -2.06. The van der Waals surface area contributed by atoms with Crippen LogP contribution in [0.15, 0.2) is 0 Å². The Morgan fingerprint density at radius 3 is 2.47 bits per heavy atom. The van der Waals surface area contributed by atoms with Crippen LogP contribution in [0.4, 0.5) is 0 Å². The molecule has 0 fully saturated rings. The number of nitrogens with zero attached hydrogens (tertiary/aromatic N) is 3. The molecule has 0 saturated carbocycles. The van der Waals surface area contributed by atoms with E-state index in [1.165, 1.54) is 5.01 Å². The van der Waals surface area contributed by atoms with Gasteiger partial charge in [-0.05, 0) is 31.5 Å². The van der Waals surface area contributed by atoms with Gasteiger partial charge >= 0.3 is 0 Å². The Balaban J connectivity index is 2.51. The molecule has 0 unspecified atom stereocenters. The van der Waals surface area contributed by atoms with Crippen molar-refractivity contribution in [3.05, 3.63) is 15.5 Å². The van der Waals surface area contributed by atoms with Gasteiger partial charge in [-0.15, -0.1) is 11.3 Å². The van der Waals surface area contributed by atoms with Crippen LogP contribution in [0.3, 0.4) is 0 Å². The molecule has 0 aliphatic carbocycles. The van der Waals surface area contributed by atoms with Crippen molar-refractivity contribution in [1.82, 2.24) is 19.7 Å². The molecule has 0 aromatic carbocycles. The van der Waals surface area contributed by atoms with Crippen LogP contribution >= 0.6 is 23.6 Å². The molecule has 1 N–H and O–H groups in total. The van der Waals surface area contributed by atoms with Crippen molar-refractivity contribution in [1.29, 1.82) is 0 Å². The fourth-order valence-electron chi connectivity index (χ4n) is 2.15. The van der Waals surface area contributed by atoms with Crippen LogP contribution in [-0.2, 0) is 13.5 Å². The van der Waals surface area contributed by atoms with Gasteiger partial charge in [-0.25, -0.2) is 4.98 Å². The maximum absolute atomic E-state index is 5.19. The van der Waals surface area contributed by atoms with Crippen molar-refractivity contribution in [3.8, 4) is 10.7 Å². The number of hydrogen-bond donors (Lipinski definition) is 1. The molecule has 2 aromatic heterocycles. The lowest BCUT2D eigenvalue weighted by molar-refractivity contribution is 0.635. The lowest BCUT2D eigenvalue weighted by atomic mass is 10.1. The third-order valence-electron chi connectivity index (χ3n) is 3.47. The maximum atomic E-state index is 5.19. The number of aromatic nitrogens is 4. The first kappa shape index (κ1) is 14.4. The van der Waals surface area contributed by atoms with E-state index >= 15 is 0 Å². The van der Waals surface area contributed by atoms with Gasteiger partial charge in [0, 0.05) is 13.0 Å². The highest BCUT2D eigenvalue weighted by Gasteiger charge is 2.19. The summed E-state index contributed by atoms with van der Waals surface area (Å²) in [6.45, 7) is 6.57. The molecular formula is C13H20N4S2. The summed E-state index contributed by atoms with van der Waals surface area (Å²) in [6, 6.07) is 0. The van der Waals surface area contributed by atoms with Crippen molar-refractivity contribution in [3.63, 3.8) is 0 Å². The second kappa shape index (κ2) is 5.96. The van der Waals surface area contributed by atoms with Crippen molar-refractivity contribution < 1.29 is 0 Å². The zero-order chi connectivity index (χ0) is 14.0. The fourth-order valence-corrected chi connectivity index (χ4v) is 3.73. The largest absolute Gasteiger partial charge is 0.303 e. The van der Waals surface area contributed by atoms with E-state index in [9.17, 15) is 0 Å². The lowest BCUT2D eigenvalue weighted by Crippen LogP contribution is -1.95. The number of rotatable bonds is 5. The summed E-state index contributed by atoms with van der Waals surface area (Å²) in [6.07, 6.45) is 3.18. The number of aromatic amines is 1. The second-order valence-electron chi connectivity index (χ2n) is 4.61. The average molecular weight is 296 g/mol. The van der Waals surface area contributed by atoms with Gasteiger partial charge in [0.15, 0.2) is 10.6 Å². The quantitative estimate of drug-likeness (QED) is 0.846. The van der Waals surface area contributed by atoms with E-state index in [2.05, 4.69) is 31.0 Å². The summed E-state index contributed by atoms with van der Waals surface area (Å²) in [5, 5.41) is 8.41. The van der Waals surface area contributed by atoms with E-state index in [-0.39, 0.29) is 0 Å². The van der Waals surface area contributed by atoms with E-state index in [0.717, 1.165) is 35.7 Å². The van der Waals surface area contributed by atoms with Crippen LogP contribution in [-0.4, -0.2) is 19.7 Å². The number of H-pyrrole nitrogens is 1. The zero-order valence-corrected chi connectivity index (χ0v) is 13.5. The molecule has 0 radical (unpaired) electrons. The number of hydrogen-bond acceptors (Lipinski definition) is 4. The molecular weight excluding hydrogens is 276 g/mol. The van der Waals surface area contributed by atoms with E-state index in [1.807, 2.05) is 11.6 Å². The topological polar surface area (TPSA) is 46.5 Å². The van der Waals surface area contributed by atoms with Crippen LogP contribution in [0.5, 0.6) is 0 Å². The first-order valence-corrected chi connectivity index (χ1v) is 7.96. The number of aryl methyl sites for hydroxylation is 1. The predicted octanol–water partition coefficient (Wildman–Crippen LogP) is 4.07. The van der Waals surface area contributed by atoms with E-state index < -0.39 is 0 Å². The Hall–Kier alpha value is -1.01. The van der Waals surface area contributed by atoms with Gasteiger partial charge in [0.05, 0.1) is 15.6 Å². The predicted molar refractivity (Wildman–Crippen MR) is 82.2 cm³/mol. The Morgan fingerprint density at radius 1 is 1.32 bits per heavy atom. The Labute approximate surface area is 122 Å². The number of thiazole rings is 1. The maximum Gasteiger partial charge on any atom is 0.195 e. The van der Waals surface area contributed by atoms with Gasteiger partial charge in [-0.1, -0.05) is 20.8 Å². The minimum Gasteiger partial charge on any atom is -0.303 e. The summed E-state index contributed by atoms with van der Waals surface area (Å²) in [4.78, 5) is 5.97. The normalized spacial score (nSPS) is 11.4. The molecule has 0 saturated heterocycles. The van der Waals surface area contributed by atoms with Gasteiger partial charge in [0.1, 0.15) is 0 Å². The minimum absolute atomic E-state index is 0.552. The second-order valence-corrected chi connectivity index (χ2v) is 6.02. The molecule has 4 nitrogen and oxygen atoms in total. The minimum atomic E-state index is 0.552. The van der Waals surface area contributed by atoms with Crippen LogP contribution in [0, 0.1) is 4.77 Å². The van der Waals surface area contributed by atoms with Gasteiger partial charge in [0.25, 0.3) is 0 Å². The Bertz CT molecular complexity index is 604. The SMILES string of the molecule is CCc1nc(C(CC)CC)sc1-c1n[nH]c(=S)n1C. The van der Waals surface area contributed by atoms with Crippen LogP contribution in [0.25, 0.3) is 10.7 Å². The van der Waals surface area contributed by atoms with Gasteiger partial charge < -0.3 is 4.57 Å². The van der Waals surface area contributed by atoms with Crippen LogP contribution < -0.4 is 0 Å². The van der Waals surface area contributed by atoms with Crippen molar-refractivity contribution in [2.75, 3.05) is 0 Å². The van der Waals surface area contributed by atoms with Crippen LogP contribution in [0.2, 0.25) is 0 Å². The molecule has 0 aliphatic rings. The van der Waals surface area contributed by atoms with Crippen molar-refractivity contribution >= 4 is 23.6 Å². The molecule has 19 heavy (non-hydrogen) atoms. The third kappa shape index (κ3) is 2.65. The monoisotopic (exact) mass is 296 g/mol. The first-order valence-electron chi connectivity index (χ1n) is 6.73. The molecule has 2 rings (SSSR count). The highest BCUT2D eigenvalue weighted by Crippen LogP contribution is 2.35. The molecule has 0 atom stereocenters. The highest BCUT2D eigenvalue weighted by molar-refractivity contribution is 7.71. The zero-order valence-electron chi connectivity index (χ0n) is 11.9. The summed E-state index contributed by atoms with van der Waals surface area (Å²) in [5.41, 5.74) is 1.13. The summed E-state index contributed by atoms with van der Waals surface area (Å²) in [7, 11) is 1.94. The van der Waals surface area contributed by atoms with Gasteiger partial charge in [0.2, 0.25) is 0 Å². The smallest absolute Gasteiger partial charge is 0.195 e. The van der Waals surface area contributed by atoms with Crippen molar-refractivity contribution in [2.45, 2.75) is 46.0 Å². The molecule has 0 aliphatic heterocycles. The fraction of sp³-hybridized carbons (Fsp3) is 0.615. The molecule has 6 heteroatoms. The van der Waals surface area contributed by atoms with E-state index in [0.29, 0.717) is 10.7 Å². The molecule has 0 amide bonds. The van der Waals surface area contributed by atoms with Gasteiger partial charge in [-0.2, -0.15) is 5.10 Å². The van der Waals surface area contributed by atoms with Crippen LogP contribution in [0.1, 0.15) is 50.2 Å². The van der Waals surface area contributed by atoms with E-state index in [1.54, 1.807) is 11.3 Å². The summed E-state index contributed by atoms with van der Waals surface area (Å²) >= 11 is 6.95. The first-order chi connectivity index (χ1) is 9.12. The molecule has 104 valence electrons. The number of nitrogens with one attached hydrogen (secondary N) is 1. The third-order valence-corrected chi connectivity index (χ3v) is 5.09. The molecule has 2 heterocycles. The van der Waals surface area contributed by atoms with Gasteiger partial charge in [-0.3, -0.25) is 5.10 Å². The summed E-state index contributed by atoms with van der Waals surface area (Å²) < 4.78 is 2.56. The average Bonchev–Trinajstić information content (AvgIpc) is 2.96. The van der Waals surface area contributed by atoms with Crippen molar-refractivity contribution in [2.24, 2.45) is 7.05 Å². The molecule has 2 aromatic rings. The Morgan fingerprint density at radius 2 is 2.00 bits per heavy atom. The Kier molecular flexibility index (Phi) is 4.52. The van der Waals surface area contributed by atoms with E-state index in [4.69, 9.17) is 17.2 Å². The standard InChI is InChI=1S/C13H20N4S2/c1-5-8(6-2)12-14-9(7-3)10(19-12)11-15-16-13(18)17(11)4/h8H,5-7H2,1-4H3,(H,16,18). The highest BCUT2D eigenvalue weighted by atomic mass is 32.1. The molecule has 0 bridgehead atoms. The molecule has 0 spiro atoms.